The third kappa shape index (κ3) is 16.9. The monoisotopic (exact) mass is 298 g/mol. The van der Waals surface area contributed by atoms with Crippen molar-refractivity contribution in [3.63, 3.8) is 0 Å². The van der Waals surface area contributed by atoms with Gasteiger partial charge in [0.1, 0.15) is 0 Å². The average Bonchev–Trinajstić information content (AvgIpc) is 2.45. The molecule has 0 rings (SSSR count). The second-order valence-corrected chi connectivity index (χ2v) is 5.85. The summed E-state index contributed by atoms with van der Waals surface area (Å²) in [6.45, 7) is 2.87. The van der Waals surface area contributed by atoms with Crippen LogP contribution in [0.4, 0.5) is 0 Å². The third-order valence-electron chi connectivity index (χ3n) is 3.65. The van der Waals surface area contributed by atoms with Crippen LogP contribution in [0.5, 0.6) is 0 Å². The van der Waals surface area contributed by atoms with Crippen molar-refractivity contribution in [3.05, 3.63) is 0 Å². The second-order valence-electron chi connectivity index (χ2n) is 5.85. The molecule has 3 N–H and O–H groups in total. The highest BCUT2D eigenvalue weighted by molar-refractivity contribution is 5.75. The number of hydrogen-bond donors (Lipinski definition) is 2. The molecular formula is C17H34N2O2. The number of amides is 2. The van der Waals surface area contributed by atoms with Gasteiger partial charge in [-0.25, -0.2) is 0 Å². The number of nitrogens with one attached hydrogen (secondary N) is 1. The van der Waals surface area contributed by atoms with Crippen molar-refractivity contribution in [2.75, 3.05) is 6.54 Å². The van der Waals surface area contributed by atoms with E-state index in [1.54, 1.807) is 0 Å². The highest BCUT2D eigenvalue weighted by Gasteiger charge is 1.99. The second kappa shape index (κ2) is 15.3. The molecule has 0 spiro atoms. The van der Waals surface area contributed by atoms with Crippen molar-refractivity contribution in [3.8, 4) is 0 Å². The van der Waals surface area contributed by atoms with Gasteiger partial charge in [0.25, 0.3) is 0 Å². The summed E-state index contributed by atoms with van der Waals surface area (Å²) in [5.74, 6) is 0.0196. The fourth-order valence-corrected chi connectivity index (χ4v) is 2.35. The van der Waals surface area contributed by atoms with Gasteiger partial charge in [0, 0.05) is 19.4 Å². The Balaban J connectivity index is 3.09. The smallest absolute Gasteiger partial charge is 0.219 e. The minimum Gasteiger partial charge on any atom is -0.370 e. The standard InChI is InChI=1S/C17H34N2O2/c1-2-15-19-17(21)14-12-10-8-6-4-3-5-7-9-11-13-16(18)20/h2-15H2,1H3,(H2,18,20)(H,19,21). The fourth-order valence-electron chi connectivity index (χ4n) is 2.35. The number of primary amides is 1. The Labute approximate surface area is 130 Å². The largest absolute Gasteiger partial charge is 0.370 e. The molecule has 4 nitrogen and oxygen atoms in total. The van der Waals surface area contributed by atoms with E-state index in [-0.39, 0.29) is 11.8 Å². The maximum Gasteiger partial charge on any atom is 0.219 e. The van der Waals surface area contributed by atoms with E-state index < -0.39 is 0 Å². The molecule has 0 radical (unpaired) electrons. The van der Waals surface area contributed by atoms with E-state index in [9.17, 15) is 9.59 Å². The van der Waals surface area contributed by atoms with Crippen LogP contribution in [-0.2, 0) is 9.59 Å². The Hall–Kier alpha value is -1.06. The van der Waals surface area contributed by atoms with Crippen LogP contribution in [0, 0.1) is 0 Å². The molecule has 21 heavy (non-hydrogen) atoms. The molecule has 0 aliphatic carbocycles. The summed E-state index contributed by atoms with van der Waals surface area (Å²) in [6.07, 6.45) is 14.0. The van der Waals surface area contributed by atoms with Crippen LogP contribution < -0.4 is 11.1 Å². The molecule has 0 saturated heterocycles. The number of rotatable bonds is 15. The maximum atomic E-state index is 11.4. The molecule has 4 heteroatoms. The normalized spacial score (nSPS) is 10.5. The van der Waals surface area contributed by atoms with E-state index in [2.05, 4.69) is 12.2 Å². The van der Waals surface area contributed by atoms with Crippen molar-refractivity contribution in [2.24, 2.45) is 5.73 Å². The molecule has 0 aromatic heterocycles. The molecule has 0 aliphatic heterocycles. The van der Waals surface area contributed by atoms with Crippen LogP contribution >= 0.6 is 0 Å². The lowest BCUT2D eigenvalue weighted by atomic mass is 10.0. The summed E-state index contributed by atoms with van der Waals surface area (Å²) in [5.41, 5.74) is 5.09. The lowest BCUT2D eigenvalue weighted by Gasteiger charge is -2.04. The van der Waals surface area contributed by atoms with Gasteiger partial charge >= 0.3 is 0 Å². The first-order valence-electron chi connectivity index (χ1n) is 8.71. The third-order valence-corrected chi connectivity index (χ3v) is 3.65. The van der Waals surface area contributed by atoms with Crippen molar-refractivity contribution in [1.82, 2.24) is 5.32 Å². The zero-order valence-corrected chi connectivity index (χ0v) is 13.8. The van der Waals surface area contributed by atoms with Gasteiger partial charge in [0.15, 0.2) is 0 Å². The van der Waals surface area contributed by atoms with Gasteiger partial charge in [-0.1, -0.05) is 58.3 Å². The van der Waals surface area contributed by atoms with Crippen LogP contribution in [0.15, 0.2) is 0 Å². The molecular weight excluding hydrogens is 264 g/mol. The molecule has 0 unspecified atom stereocenters. The summed E-state index contributed by atoms with van der Waals surface area (Å²) in [7, 11) is 0. The lowest BCUT2D eigenvalue weighted by molar-refractivity contribution is -0.121. The van der Waals surface area contributed by atoms with Gasteiger partial charge in [-0.05, 0) is 19.3 Å². The van der Waals surface area contributed by atoms with Crippen LogP contribution in [0.1, 0.15) is 90.4 Å². The summed E-state index contributed by atoms with van der Waals surface area (Å²) < 4.78 is 0. The molecule has 0 fully saturated rings. The summed E-state index contributed by atoms with van der Waals surface area (Å²) in [6, 6.07) is 0. The molecule has 2 amide bonds. The van der Waals surface area contributed by atoms with E-state index in [1.807, 2.05) is 0 Å². The molecule has 0 bridgehead atoms. The molecule has 0 aromatic rings. The van der Waals surface area contributed by atoms with E-state index >= 15 is 0 Å². The van der Waals surface area contributed by atoms with E-state index in [4.69, 9.17) is 5.73 Å². The molecule has 0 heterocycles. The Morgan fingerprint density at radius 1 is 0.762 bits per heavy atom. The Morgan fingerprint density at radius 3 is 1.62 bits per heavy atom. The Bertz CT molecular complexity index is 268. The van der Waals surface area contributed by atoms with Crippen molar-refractivity contribution < 1.29 is 9.59 Å². The molecule has 0 aromatic carbocycles. The first-order chi connectivity index (χ1) is 10.2. The van der Waals surface area contributed by atoms with Gasteiger partial charge < -0.3 is 11.1 Å². The maximum absolute atomic E-state index is 11.4. The SMILES string of the molecule is CCCNC(=O)CCCCCCCCCCCCC(N)=O. The summed E-state index contributed by atoms with van der Waals surface area (Å²) in [4.78, 5) is 21.9. The van der Waals surface area contributed by atoms with Crippen molar-refractivity contribution in [2.45, 2.75) is 90.4 Å². The molecule has 0 saturated carbocycles. The van der Waals surface area contributed by atoms with Crippen LogP contribution in [0.2, 0.25) is 0 Å². The number of hydrogen-bond acceptors (Lipinski definition) is 2. The molecule has 124 valence electrons. The topological polar surface area (TPSA) is 72.2 Å². The summed E-state index contributed by atoms with van der Waals surface area (Å²) in [5, 5.41) is 2.91. The number of unbranched alkanes of at least 4 members (excludes halogenated alkanes) is 9. The predicted octanol–water partition coefficient (Wildman–Crippen LogP) is 3.68. The predicted molar refractivity (Wildman–Crippen MR) is 87.9 cm³/mol. The first-order valence-corrected chi connectivity index (χ1v) is 8.71. The first kappa shape index (κ1) is 19.9. The lowest BCUT2D eigenvalue weighted by Crippen LogP contribution is -2.23. The number of nitrogens with two attached hydrogens (primary N) is 1. The van der Waals surface area contributed by atoms with Crippen LogP contribution in [0.3, 0.4) is 0 Å². The van der Waals surface area contributed by atoms with Gasteiger partial charge in [-0.15, -0.1) is 0 Å². The summed E-state index contributed by atoms with van der Waals surface area (Å²) >= 11 is 0. The number of carbonyl (C=O) groups excluding carboxylic acids is 2. The minimum absolute atomic E-state index is 0.182. The van der Waals surface area contributed by atoms with Gasteiger partial charge in [-0.3, -0.25) is 9.59 Å². The van der Waals surface area contributed by atoms with Crippen LogP contribution in [0.25, 0.3) is 0 Å². The van der Waals surface area contributed by atoms with Crippen molar-refractivity contribution >= 4 is 11.8 Å². The quantitative estimate of drug-likeness (QED) is 0.453. The zero-order valence-electron chi connectivity index (χ0n) is 13.8. The average molecular weight is 298 g/mol. The fraction of sp³-hybridized carbons (Fsp3) is 0.882. The molecule has 0 atom stereocenters. The molecule has 0 aliphatic rings. The van der Waals surface area contributed by atoms with Gasteiger partial charge in [-0.2, -0.15) is 0 Å². The number of carbonyl (C=O) groups is 2. The van der Waals surface area contributed by atoms with E-state index in [1.165, 1.54) is 38.5 Å². The van der Waals surface area contributed by atoms with Gasteiger partial charge in [0.2, 0.25) is 11.8 Å². The Kier molecular flexibility index (Phi) is 14.6. The van der Waals surface area contributed by atoms with Gasteiger partial charge in [0.05, 0.1) is 0 Å². The van der Waals surface area contributed by atoms with Crippen LogP contribution in [-0.4, -0.2) is 18.4 Å². The Morgan fingerprint density at radius 2 is 1.19 bits per heavy atom. The van der Waals surface area contributed by atoms with E-state index in [0.717, 1.165) is 38.6 Å². The zero-order chi connectivity index (χ0) is 15.8. The van der Waals surface area contributed by atoms with Crippen molar-refractivity contribution in [1.29, 1.82) is 0 Å². The highest BCUT2D eigenvalue weighted by Crippen LogP contribution is 2.11. The van der Waals surface area contributed by atoms with E-state index in [0.29, 0.717) is 12.8 Å². The highest BCUT2D eigenvalue weighted by atomic mass is 16.1. The minimum atomic E-state index is -0.182.